The molecular formula is C13H14N2O2. The summed E-state index contributed by atoms with van der Waals surface area (Å²) in [5.74, 6) is -0.257. The predicted molar refractivity (Wildman–Crippen MR) is 65.1 cm³/mol. The molecule has 17 heavy (non-hydrogen) atoms. The zero-order chi connectivity index (χ0) is 12.6. The summed E-state index contributed by atoms with van der Waals surface area (Å²) in [6.07, 6.45) is 0. The van der Waals surface area contributed by atoms with E-state index in [0.717, 1.165) is 11.1 Å². The number of carboxylic acid groups (broad SMARTS) is 1. The Morgan fingerprint density at radius 3 is 2.53 bits per heavy atom. The Bertz CT molecular complexity index is 585. The maximum absolute atomic E-state index is 11.3. The smallest absolute Gasteiger partial charge is 0.354 e. The molecule has 4 heteroatoms. The second-order valence-electron chi connectivity index (χ2n) is 4.04. The van der Waals surface area contributed by atoms with E-state index in [2.05, 4.69) is 4.98 Å². The molecule has 0 saturated heterocycles. The molecule has 1 aromatic heterocycles. The number of imidazole rings is 1. The van der Waals surface area contributed by atoms with E-state index in [1.54, 1.807) is 18.5 Å². The van der Waals surface area contributed by atoms with Gasteiger partial charge in [0.15, 0.2) is 5.69 Å². The molecule has 0 aliphatic carbocycles. The van der Waals surface area contributed by atoms with E-state index in [4.69, 9.17) is 0 Å². The molecule has 0 aliphatic heterocycles. The lowest BCUT2D eigenvalue weighted by atomic mass is 10.0. The van der Waals surface area contributed by atoms with E-state index in [-0.39, 0.29) is 5.69 Å². The molecule has 0 fully saturated rings. The van der Waals surface area contributed by atoms with Crippen molar-refractivity contribution in [2.75, 3.05) is 0 Å². The van der Waals surface area contributed by atoms with Crippen molar-refractivity contribution < 1.29 is 9.90 Å². The Kier molecular flexibility index (Phi) is 2.71. The molecule has 0 bridgehead atoms. The van der Waals surface area contributed by atoms with Crippen LogP contribution in [0.5, 0.6) is 0 Å². The zero-order valence-corrected chi connectivity index (χ0v) is 10.1. The largest absolute Gasteiger partial charge is 0.477 e. The number of hydrogen-bond donors (Lipinski definition) is 1. The third-order valence-corrected chi connectivity index (χ3v) is 2.92. The lowest BCUT2D eigenvalue weighted by Gasteiger charge is -2.04. The monoisotopic (exact) mass is 230 g/mol. The Labute approximate surface area is 99.5 Å². The second-order valence-corrected chi connectivity index (χ2v) is 4.04. The quantitative estimate of drug-likeness (QED) is 0.861. The molecule has 0 atom stereocenters. The molecule has 1 heterocycles. The summed E-state index contributed by atoms with van der Waals surface area (Å²) in [5, 5.41) is 9.25. The number of aryl methyl sites for hydroxylation is 2. The van der Waals surface area contributed by atoms with E-state index in [1.165, 1.54) is 0 Å². The number of carbonyl (C=O) groups is 1. The second kappa shape index (κ2) is 4.05. The van der Waals surface area contributed by atoms with Gasteiger partial charge in [-0.1, -0.05) is 24.3 Å². The number of nitrogens with zero attached hydrogens (tertiary/aromatic N) is 2. The van der Waals surface area contributed by atoms with Crippen LogP contribution in [0.3, 0.4) is 0 Å². The average Bonchev–Trinajstić information content (AvgIpc) is 2.56. The van der Waals surface area contributed by atoms with Gasteiger partial charge in [-0.25, -0.2) is 9.78 Å². The lowest BCUT2D eigenvalue weighted by Crippen LogP contribution is -2.07. The summed E-state index contributed by atoms with van der Waals surface area (Å²) in [4.78, 5) is 15.6. The van der Waals surface area contributed by atoms with Crippen molar-refractivity contribution in [1.29, 1.82) is 0 Å². The Hall–Kier alpha value is -2.10. The molecule has 88 valence electrons. The number of benzene rings is 1. The molecule has 0 spiro atoms. The molecule has 2 rings (SSSR count). The highest BCUT2D eigenvalue weighted by Gasteiger charge is 2.20. The molecule has 1 aromatic carbocycles. The number of aromatic carboxylic acids is 1. The van der Waals surface area contributed by atoms with E-state index < -0.39 is 5.97 Å². The van der Waals surface area contributed by atoms with E-state index in [9.17, 15) is 9.90 Å². The summed E-state index contributed by atoms with van der Waals surface area (Å²) < 4.78 is 1.60. The summed E-state index contributed by atoms with van der Waals surface area (Å²) in [6, 6.07) is 7.65. The first-order valence-corrected chi connectivity index (χ1v) is 5.35. The maximum atomic E-state index is 11.3. The summed E-state index contributed by atoms with van der Waals surface area (Å²) in [6.45, 7) is 3.75. The summed E-state index contributed by atoms with van der Waals surface area (Å²) in [5.41, 5.74) is 2.66. The van der Waals surface area contributed by atoms with Crippen LogP contribution in [0.2, 0.25) is 0 Å². The standard InChI is InChI=1S/C13H14N2O2/c1-8-6-4-5-7-10(8)11-12(13(16)17)15(3)9(2)14-11/h4-7H,1-3H3,(H,16,17). The van der Waals surface area contributed by atoms with Gasteiger partial charge in [-0.3, -0.25) is 0 Å². The Morgan fingerprint density at radius 1 is 1.29 bits per heavy atom. The van der Waals surface area contributed by atoms with Crippen molar-refractivity contribution in [2.24, 2.45) is 7.05 Å². The van der Waals surface area contributed by atoms with Crippen LogP contribution in [0.4, 0.5) is 0 Å². The van der Waals surface area contributed by atoms with Gasteiger partial charge in [-0.15, -0.1) is 0 Å². The average molecular weight is 230 g/mol. The van der Waals surface area contributed by atoms with Gasteiger partial charge in [0.1, 0.15) is 11.5 Å². The normalized spacial score (nSPS) is 10.5. The fourth-order valence-electron chi connectivity index (χ4n) is 1.88. The van der Waals surface area contributed by atoms with Crippen molar-refractivity contribution in [3.63, 3.8) is 0 Å². The Balaban J connectivity index is 2.72. The van der Waals surface area contributed by atoms with Gasteiger partial charge in [-0.05, 0) is 19.4 Å². The van der Waals surface area contributed by atoms with Crippen LogP contribution in [0.25, 0.3) is 11.3 Å². The van der Waals surface area contributed by atoms with Crippen molar-refractivity contribution >= 4 is 5.97 Å². The highest BCUT2D eigenvalue weighted by molar-refractivity contribution is 5.93. The summed E-state index contributed by atoms with van der Waals surface area (Å²) >= 11 is 0. The number of rotatable bonds is 2. The SMILES string of the molecule is Cc1ccccc1-c1nc(C)n(C)c1C(=O)O. The fourth-order valence-corrected chi connectivity index (χ4v) is 1.88. The van der Waals surface area contributed by atoms with E-state index in [1.807, 2.05) is 31.2 Å². The van der Waals surface area contributed by atoms with Crippen molar-refractivity contribution in [1.82, 2.24) is 9.55 Å². The number of aromatic nitrogens is 2. The van der Waals surface area contributed by atoms with E-state index in [0.29, 0.717) is 11.5 Å². The predicted octanol–water partition coefficient (Wildman–Crippen LogP) is 2.40. The van der Waals surface area contributed by atoms with Gasteiger partial charge in [0, 0.05) is 12.6 Å². The first-order valence-electron chi connectivity index (χ1n) is 5.35. The minimum Gasteiger partial charge on any atom is -0.477 e. The molecular weight excluding hydrogens is 216 g/mol. The van der Waals surface area contributed by atoms with Crippen LogP contribution in [-0.4, -0.2) is 20.6 Å². The molecule has 2 aromatic rings. The van der Waals surface area contributed by atoms with Crippen LogP contribution in [-0.2, 0) is 7.05 Å². The van der Waals surface area contributed by atoms with Crippen molar-refractivity contribution in [3.8, 4) is 11.3 Å². The van der Waals surface area contributed by atoms with Gasteiger partial charge >= 0.3 is 5.97 Å². The molecule has 1 N–H and O–H groups in total. The van der Waals surface area contributed by atoms with E-state index >= 15 is 0 Å². The van der Waals surface area contributed by atoms with Crippen LogP contribution in [0.1, 0.15) is 21.9 Å². The van der Waals surface area contributed by atoms with Gasteiger partial charge in [0.25, 0.3) is 0 Å². The van der Waals surface area contributed by atoms with Crippen LogP contribution >= 0.6 is 0 Å². The van der Waals surface area contributed by atoms with Crippen molar-refractivity contribution in [3.05, 3.63) is 41.3 Å². The topological polar surface area (TPSA) is 55.1 Å². The van der Waals surface area contributed by atoms with Crippen LogP contribution in [0, 0.1) is 13.8 Å². The zero-order valence-electron chi connectivity index (χ0n) is 10.1. The number of hydrogen-bond acceptors (Lipinski definition) is 2. The van der Waals surface area contributed by atoms with Gasteiger partial charge in [0.2, 0.25) is 0 Å². The molecule has 0 unspecified atom stereocenters. The first kappa shape index (κ1) is 11.4. The highest BCUT2D eigenvalue weighted by atomic mass is 16.4. The number of carboxylic acids is 1. The first-order chi connectivity index (χ1) is 8.02. The van der Waals surface area contributed by atoms with Crippen LogP contribution in [0.15, 0.2) is 24.3 Å². The minimum absolute atomic E-state index is 0.233. The van der Waals surface area contributed by atoms with Gasteiger partial charge in [-0.2, -0.15) is 0 Å². The fraction of sp³-hybridized carbons (Fsp3) is 0.231. The molecule has 0 amide bonds. The minimum atomic E-state index is -0.952. The maximum Gasteiger partial charge on any atom is 0.354 e. The summed E-state index contributed by atoms with van der Waals surface area (Å²) in [7, 11) is 1.72. The Morgan fingerprint density at radius 2 is 1.94 bits per heavy atom. The highest BCUT2D eigenvalue weighted by Crippen LogP contribution is 2.26. The molecule has 0 aliphatic rings. The van der Waals surface area contributed by atoms with Crippen LogP contribution < -0.4 is 0 Å². The van der Waals surface area contributed by atoms with Crippen molar-refractivity contribution in [2.45, 2.75) is 13.8 Å². The lowest BCUT2D eigenvalue weighted by molar-refractivity contribution is 0.0687. The van der Waals surface area contributed by atoms with Gasteiger partial charge in [0.05, 0.1) is 0 Å². The molecule has 0 radical (unpaired) electrons. The third kappa shape index (κ3) is 1.82. The molecule has 4 nitrogen and oxygen atoms in total. The third-order valence-electron chi connectivity index (χ3n) is 2.92. The molecule has 0 saturated carbocycles. The van der Waals surface area contributed by atoms with Gasteiger partial charge < -0.3 is 9.67 Å².